The Morgan fingerprint density at radius 3 is 2.40 bits per heavy atom. The second-order valence-electron chi connectivity index (χ2n) is 8.67. The normalized spacial score (nSPS) is 15.9. The van der Waals surface area contributed by atoms with Crippen LogP contribution in [0.3, 0.4) is 0 Å². The predicted molar refractivity (Wildman–Crippen MR) is 130 cm³/mol. The first-order chi connectivity index (χ1) is 16.8. The standard InChI is InChI=1S/C26H32N4O5/c27-23(32)12-13-24(33)29-21(17-19-5-2-1-3-6-19)26(35)30-16-4-7-22(30)25(34)28-15-14-18-8-10-20(31)11-9-18/h1-3,5-6,8-11,21-22,31H,4,7,12-17H2,(H2,27,32)(H,28,34)(H,29,33)/t21-,22+/m1/s1. The molecule has 0 unspecified atom stereocenters. The van der Waals surface area contributed by atoms with E-state index in [2.05, 4.69) is 10.6 Å². The number of nitrogens with zero attached hydrogens (tertiary/aromatic N) is 1. The van der Waals surface area contributed by atoms with Crippen molar-refractivity contribution in [2.75, 3.05) is 13.1 Å². The van der Waals surface area contributed by atoms with E-state index in [1.165, 1.54) is 4.90 Å². The molecule has 2 aromatic carbocycles. The van der Waals surface area contributed by atoms with Crippen molar-refractivity contribution in [3.8, 4) is 5.75 Å². The Morgan fingerprint density at radius 2 is 1.71 bits per heavy atom. The zero-order valence-electron chi connectivity index (χ0n) is 19.6. The number of likely N-dealkylation sites (tertiary alicyclic amines) is 1. The lowest BCUT2D eigenvalue weighted by Gasteiger charge is -2.29. The van der Waals surface area contributed by atoms with E-state index in [9.17, 15) is 24.3 Å². The number of benzene rings is 2. The Morgan fingerprint density at radius 1 is 1.00 bits per heavy atom. The molecule has 3 rings (SSSR count). The number of hydrogen-bond acceptors (Lipinski definition) is 5. The average Bonchev–Trinajstić information content (AvgIpc) is 3.34. The summed E-state index contributed by atoms with van der Waals surface area (Å²) in [6.45, 7) is 0.830. The Hall–Kier alpha value is -3.88. The number of rotatable bonds is 11. The van der Waals surface area contributed by atoms with Gasteiger partial charge in [-0.05, 0) is 42.5 Å². The molecule has 0 saturated carbocycles. The zero-order valence-corrected chi connectivity index (χ0v) is 19.6. The first kappa shape index (κ1) is 25.7. The maximum atomic E-state index is 13.5. The van der Waals surface area contributed by atoms with Crippen LogP contribution in [0.4, 0.5) is 0 Å². The number of aromatic hydroxyl groups is 1. The highest BCUT2D eigenvalue weighted by Crippen LogP contribution is 2.20. The molecule has 1 aliphatic rings. The minimum Gasteiger partial charge on any atom is -0.508 e. The molecule has 2 aromatic rings. The zero-order chi connectivity index (χ0) is 25.2. The van der Waals surface area contributed by atoms with Gasteiger partial charge in [-0.2, -0.15) is 0 Å². The maximum absolute atomic E-state index is 13.5. The first-order valence-electron chi connectivity index (χ1n) is 11.8. The van der Waals surface area contributed by atoms with Crippen LogP contribution in [0.5, 0.6) is 5.75 Å². The number of phenolic OH excluding ortho intramolecular Hbond substituents is 1. The van der Waals surface area contributed by atoms with Crippen LogP contribution < -0.4 is 16.4 Å². The summed E-state index contributed by atoms with van der Waals surface area (Å²) in [5, 5.41) is 15.0. The van der Waals surface area contributed by atoms with Crippen molar-refractivity contribution in [3.63, 3.8) is 0 Å². The molecule has 1 fully saturated rings. The lowest BCUT2D eigenvalue weighted by Crippen LogP contribution is -2.54. The highest BCUT2D eigenvalue weighted by molar-refractivity contribution is 5.93. The lowest BCUT2D eigenvalue weighted by atomic mass is 10.0. The fraction of sp³-hybridized carbons (Fsp3) is 0.385. The topological polar surface area (TPSA) is 142 Å². The van der Waals surface area contributed by atoms with Gasteiger partial charge in [0.1, 0.15) is 17.8 Å². The van der Waals surface area contributed by atoms with Crippen molar-refractivity contribution in [2.24, 2.45) is 5.73 Å². The van der Waals surface area contributed by atoms with Crippen molar-refractivity contribution >= 4 is 23.6 Å². The fourth-order valence-corrected chi connectivity index (χ4v) is 4.17. The second-order valence-corrected chi connectivity index (χ2v) is 8.67. The number of phenols is 1. The van der Waals surface area contributed by atoms with Crippen molar-refractivity contribution < 1.29 is 24.3 Å². The largest absolute Gasteiger partial charge is 0.508 e. The molecule has 9 nitrogen and oxygen atoms in total. The summed E-state index contributed by atoms with van der Waals surface area (Å²) in [7, 11) is 0. The average molecular weight is 481 g/mol. The third-order valence-corrected chi connectivity index (χ3v) is 6.00. The van der Waals surface area contributed by atoms with Crippen molar-refractivity contribution in [3.05, 3.63) is 65.7 Å². The van der Waals surface area contributed by atoms with Gasteiger partial charge >= 0.3 is 0 Å². The Balaban J connectivity index is 1.63. The van der Waals surface area contributed by atoms with Gasteiger partial charge in [-0.15, -0.1) is 0 Å². The van der Waals surface area contributed by atoms with E-state index in [4.69, 9.17) is 5.73 Å². The molecule has 2 atom stereocenters. The number of carbonyl (C=O) groups excluding carboxylic acids is 4. The van der Waals surface area contributed by atoms with E-state index in [0.717, 1.165) is 11.1 Å². The number of amides is 4. The highest BCUT2D eigenvalue weighted by atomic mass is 16.3. The minimum absolute atomic E-state index is 0.102. The summed E-state index contributed by atoms with van der Waals surface area (Å²) in [5.41, 5.74) is 6.99. The number of primary amides is 1. The maximum Gasteiger partial charge on any atom is 0.246 e. The smallest absolute Gasteiger partial charge is 0.246 e. The molecular weight excluding hydrogens is 448 g/mol. The van der Waals surface area contributed by atoms with Gasteiger partial charge in [-0.1, -0.05) is 42.5 Å². The number of nitrogens with two attached hydrogens (primary N) is 1. The van der Waals surface area contributed by atoms with E-state index in [0.29, 0.717) is 32.4 Å². The van der Waals surface area contributed by atoms with Crippen LogP contribution in [0.1, 0.15) is 36.8 Å². The lowest BCUT2D eigenvalue weighted by molar-refractivity contribution is -0.141. The molecule has 35 heavy (non-hydrogen) atoms. The predicted octanol–water partition coefficient (Wildman–Crippen LogP) is 1.03. The van der Waals surface area contributed by atoms with Crippen LogP contribution in [-0.4, -0.2) is 58.8 Å². The van der Waals surface area contributed by atoms with E-state index in [-0.39, 0.29) is 36.8 Å². The third-order valence-electron chi connectivity index (χ3n) is 6.00. The molecule has 0 spiro atoms. The summed E-state index contributed by atoms with van der Waals surface area (Å²) in [5.74, 6) is -1.39. The fourth-order valence-electron chi connectivity index (χ4n) is 4.17. The quantitative estimate of drug-likeness (QED) is 0.380. The monoisotopic (exact) mass is 480 g/mol. The van der Waals surface area contributed by atoms with Crippen LogP contribution in [0.2, 0.25) is 0 Å². The molecule has 0 aliphatic carbocycles. The third kappa shape index (κ3) is 7.84. The van der Waals surface area contributed by atoms with Crippen LogP contribution in [0.25, 0.3) is 0 Å². The molecule has 1 saturated heterocycles. The summed E-state index contributed by atoms with van der Waals surface area (Å²) in [6.07, 6.45) is 1.90. The van der Waals surface area contributed by atoms with Crippen LogP contribution >= 0.6 is 0 Å². The Kier molecular flexibility index (Phi) is 9.23. The van der Waals surface area contributed by atoms with E-state index in [1.54, 1.807) is 24.3 Å². The molecule has 186 valence electrons. The van der Waals surface area contributed by atoms with E-state index >= 15 is 0 Å². The van der Waals surface area contributed by atoms with E-state index < -0.39 is 23.9 Å². The molecule has 0 bridgehead atoms. The molecule has 1 aliphatic heterocycles. The summed E-state index contributed by atoms with van der Waals surface area (Å²) >= 11 is 0. The molecular formula is C26H32N4O5. The van der Waals surface area contributed by atoms with Crippen molar-refractivity contribution in [1.82, 2.24) is 15.5 Å². The summed E-state index contributed by atoms with van der Waals surface area (Å²) in [6, 6.07) is 14.6. The summed E-state index contributed by atoms with van der Waals surface area (Å²) in [4.78, 5) is 51.4. The molecule has 0 radical (unpaired) electrons. The van der Waals surface area contributed by atoms with Gasteiger partial charge in [-0.25, -0.2) is 0 Å². The first-order valence-corrected chi connectivity index (χ1v) is 11.8. The summed E-state index contributed by atoms with van der Waals surface area (Å²) < 4.78 is 0. The Bertz CT molecular complexity index is 1030. The SMILES string of the molecule is NC(=O)CCC(=O)N[C@H](Cc1ccccc1)C(=O)N1CCC[C@H]1C(=O)NCCc1ccc(O)cc1. The molecule has 5 N–H and O–H groups in total. The Labute approximate surface area is 204 Å². The minimum atomic E-state index is -0.858. The van der Waals surface area contributed by atoms with Gasteiger partial charge in [0.25, 0.3) is 0 Å². The number of carbonyl (C=O) groups is 4. The number of nitrogens with one attached hydrogen (secondary N) is 2. The molecule has 1 heterocycles. The van der Waals surface area contributed by atoms with Crippen LogP contribution in [0, 0.1) is 0 Å². The molecule has 4 amide bonds. The van der Waals surface area contributed by atoms with Crippen molar-refractivity contribution in [2.45, 2.75) is 50.6 Å². The van der Waals surface area contributed by atoms with Gasteiger partial charge in [0.2, 0.25) is 23.6 Å². The van der Waals surface area contributed by atoms with Gasteiger partial charge in [0, 0.05) is 32.4 Å². The van der Waals surface area contributed by atoms with Gasteiger partial charge in [0.15, 0.2) is 0 Å². The number of hydrogen-bond donors (Lipinski definition) is 4. The van der Waals surface area contributed by atoms with Crippen molar-refractivity contribution in [1.29, 1.82) is 0 Å². The second kappa shape index (κ2) is 12.5. The molecule has 9 heteroatoms. The molecule has 0 aromatic heterocycles. The van der Waals surface area contributed by atoms with Crippen LogP contribution in [-0.2, 0) is 32.0 Å². The van der Waals surface area contributed by atoms with Gasteiger partial charge in [0.05, 0.1) is 0 Å². The van der Waals surface area contributed by atoms with Crippen LogP contribution in [0.15, 0.2) is 54.6 Å². The van der Waals surface area contributed by atoms with E-state index in [1.807, 2.05) is 30.3 Å². The highest BCUT2D eigenvalue weighted by Gasteiger charge is 2.37. The van der Waals surface area contributed by atoms with Gasteiger partial charge < -0.3 is 26.4 Å². The van der Waals surface area contributed by atoms with Gasteiger partial charge in [-0.3, -0.25) is 19.2 Å².